The highest BCUT2D eigenvalue weighted by molar-refractivity contribution is 8.00. The molecule has 9 heteroatoms. The second-order valence-corrected chi connectivity index (χ2v) is 5.21. The van der Waals surface area contributed by atoms with Gasteiger partial charge in [0.2, 0.25) is 11.1 Å². The van der Waals surface area contributed by atoms with Crippen molar-refractivity contribution in [2.24, 2.45) is 0 Å². The number of methoxy groups -OCH3 is 1. The molecule has 1 N–H and O–H groups in total. The molecule has 0 bridgehead atoms. The van der Waals surface area contributed by atoms with Gasteiger partial charge in [0, 0.05) is 6.54 Å². The standard InChI is InChI=1S/C9H12N6OS2/c1-3-4-10-6-12-7(16-2)14-8(13-6)18-9-15-11-5-17-9/h5H,3-4H2,1-2H3,(H,10,12,13,14). The van der Waals surface area contributed by atoms with Crippen LogP contribution in [0, 0.1) is 0 Å². The number of nitrogens with one attached hydrogen (secondary N) is 1. The summed E-state index contributed by atoms with van der Waals surface area (Å²) in [6, 6.07) is 0.288. The first-order valence-electron chi connectivity index (χ1n) is 5.29. The Morgan fingerprint density at radius 3 is 2.94 bits per heavy atom. The van der Waals surface area contributed by atoms with Gasteiger partial charge in [-0.1, -0.05) is 18.3 Å². The minimum atomic E-state index is 0.288. The van der Waals surface area contributed by atoms with E-state index in [9.17, 15) is 0 Å². The monoisotopic (exact) mass is 284 g/mol. The lowest BCUT2D eigenvalue weighted by atomic mass is 10.5. The zero-order chi connectivity index (χ0) is 12.8. The van der Waals surface area contributed by atoms with Crippen LogP contribution < -0.4 is 10.1 Å². The molecule has 2 aromatic heterocycles. The molecule has 0 aliphatic heterocycles. The Kier molecular flexibility index (Phi) is 4.65. The van der Waals surface area contributed by atoms with E-state index < -0.39 is 0 Å². The van der Waals surface area contributed by atoms with Crippen LogP contribution in [0.15, 0.2) is 15.0 Å². The van der Waals surface area contributed by atoms with Gasteiger partial charge in [-0.25, -0.2) is 0 Å². The molecule has 18 heavy (non-hydrogen) atoms. The molecule has 2 rings (SSSR count). The van der Waals surface area contributed by atoms with Crippen molar-refractivity contribution in [2.45, 2.75) is 22.8 Å². The van der Waals surface area contributed by atoms with Gasteiger partial charge in [-0.05, 0) is 18.2 Å². The van der Waals surface area contributed by atoms with Crippen molar-refractivity contribution in [1.29, 1.82) is 0 Å². The highest BCUT2D eigenvalue weighted by Gasteiger charge is 2.09. The Balaban J connectivity index is 2.17. The van der Waals surface area contributed by atoms with Crippen LogP contribution >= 0.6 is 23.1 Å². The Hall–Kier alpha value is -1.48. The molecule has 0 saturated carbocycles. The first-order chi connectivity index (χ1) is 8.81. The molecule has 0 spiro atoms. The van der Waals surface area contributed by atoms with Gasteiger partial charge >= 0.3 is 6.01 Å². The maximum absolute atomic E-state index is 5.05. The summed E-state index contributed by atoms with van der Waals surface area (Å²) in [4.78, 5) is 12.6. The van der Waals surface area contributed by atoms with E-state index in [4.69, 9.17) is 4.74 Å². The SMILES string of the molecule is CCCNc1nc(OC)nc(Sc2nncs2)n1. The number of hydrogen-bond acceptors (Lipinski definition) is 9. The van der Waals surface area contributed by atoms with Gasteiger partial charge in [-0.15, -0.1) is 10.2 Å². The quantitative estimate of drug-likeness (QED) is 0.858. The number of aromatic nitrogens is 5. The predicted molar refractivity (Wildman–Crippen MR) is 69.2 cm³/mol. The van der Waals surface area contributed by atoms with Crippen molar-refractivity contribution in [3.8, 4) is 6.01 Å². The number of nitrogens with zero attached hydrogens (tertiary/aromatic N) is 5. The number of hydrogen-bond donors (Lipinski definition) is 1. The van der Waals surface area contributed by atoms with Crippen LogP contribution in [-0.2, 0) is 0 Å². The molecule has 2 heterocycles. The Labute approximate surface area is 112 Å². The lowest BCUT2D eigenvalue weighted by molar-refractivity contribution is 0.373. The predicted octanol–water partition coefficient (Wildman–Crippen LogP) is 1.70. The van der Waals surface area contributed by atoms with E-state index >= 15 is 0 Å². The first-order valence-corrected chi connectivity index (χ1v) is 6.99. The summed E-state index contributed by atoms with van der Waals surface area (Å²) in [6.45, 7) is 2.87. The lowest BCUT2D eigenvalue weighted by Crippen LogP contribution is -2.07. The van der Waals surface area contributed by atoms with Gasteiger partial charge in [0.15, 0.2) is 4.34 Å². The van der Waals surface area contributed by atoms with Crippen molar-refractivity contribution >= 4 is 29.0 Å². The normalized spacial score (nSPS) is 10.3. The van der Waals surface area contributed by atoms with Crippen LogP contribution in [-0.4, -0.2) is 38.8 Å². The molecule has 7 nitrogen and oxygen atoms in total. The highest BCUT2D eigenvalue weighted by atomic mass is 32.2. The van der Waals surface area contributed by atoms with Gasteiger partial charge < -0.3 is 10.1 Å². The van der Waals surface area contributed by atoms with Crippen LogP contribution in [0.5, 0.6) is 6.01 Å². The summed E-state index contributed by atoms with van der Waals surface area (Å²) >= 11 is 2.77. The van der Waals surface area contributed by atoms with E-state index in [1.807, 2.05) is 0 Å². The minimum Gasteiger partial charge on any atom is -0.467 e. The third-order valence-electron chi connectivity index (χ3n) is 1.83. The Morgan fingerprint density at radius 1 is 1.39 bits per heavy atom. The molecular formula is C9H12N6OS2. The second-order valence-electron chi connectivity index (χ2n) is 3.16. The second kappa shape index (κ2) is 6.45. The van der Waals surface area contributed by atoms with Crippen LogP contribution in [0.25, 0.3) is 0 Å². The van der Waals surface area contributed by atoms with Crippen molar-refractivity contribution in [3.05, 3.63) is 5.51 Å². The van der Waals surface area contributed by atoms with Crippen LogP contribution in [0.4, 0.5) is 5.95 Å². The number of anilines is 1. The summed E-state index contributed by atoms with van der Waals surface area (Å²) in [6.07, 6.45) is 0.993. The van der Waals surface area contributed by atoms with E-state index in [2.05, 4.69) is 37.4 Å². The van der Waals surface area contributed by atoms with Gasteiger partial charge in [0.25, 0.3) is 0 Å². The van der Waals surface area contributed by atoms with Crippen LogP contribution in [0.2, 0.25) is 0 Å². The van der Waals surface area contributed by atoms with Crippen molar-refractivity contribution < 1.29 is 4.74 Å². The highest BCUT2D eigenvalue weighted by Crippen LogP contribution is 2.26. The van der Waals surface area contributed by atoms with E-state index in [0.717, 1.165) is 17.3 Å². The van der Waals surface area contributed by atoms with Crippen molar-refractivity contribution in [2.75, 3.05) is 19.0 Å². The molecule has 0 amide bonds. The minimum absolute atomic E-state index is 0.288. The average Bonchev–Trinajstić information content (AvgIpc) is 2.89. The fourth-order valence-electron chi connectivity index (χ4n) is 1.08. The van der Waals surface area contributed by atoms with Gasteiger partial charge in [-0.3, -0.25) is 0 Å². The summed E-state index contributed by atoms with van der Waals surface area (Å²) in [5, 5.41) is 11.3. The first kappa shape index (κ1) is 13.0. The smallest absolute Gasteiger partial charge is 0.321 e. The molecule has 0 aliphatic carbocycles. The maximum Gasteiger partial charge on any atom is 0.321 e. The van der Waals surface area contributed by atoms with Crippen LogP contribution in [0.3, 0.4) is 0 Å². The molecule has 2 aromatic rings. The lowest BCUT2D eigenvalue weighted by Gasteiger charge is -2.05. The molecule has 0 unspecified atom stereocenters. The summed E-state index contributed by atoms with van der Waals surface area (Å²) in [5.41, 5.74) is 1.66. The van der Waals surface area contributed by atoms with E-state index in [1.54, 1.807) is 5.51 Å². The number of rotatable bonds is 6. The molecule has 0 aromatic carbocycles. The Bertz CT molecular complexity index is 492. The summed E-state index contributed by atoms with van der Waals surface area (Å²) in [7, 11) is 1.53. The third kappa shape index (κ3) is 3.50. The Morgan fingerprint density at radius 2 is 2.28 bits per heavy atom. The van der Waals surface area contributed by atoms with Gasteiger partial charge in [-0.2, -0.15) is 15.0 Å². The van der Waals surface area contributed by atoms with Crippen LogP contribution in [0.1, 0.15) is 13.3 Å². The molecule has 0 atom stereocenters. The molecule has 0 radical (unpaired) electrons. The largest absolute Gasteiger partial charge is 0.467 e. The van der Waals surface area contributed by atoms with Crippen molar-refractivity contribution in [3.63, 3.8) is 0 Å². The zero-order valence-corrected chi connectivity index (χ0v) is 11.6. The summed E-state index contributed by atoms with van der Waals surface area (Å²) in [5.74, 6) is 0.510. The van der Waals surface area contributed by atoms with E-state index in [-0.39, 0.29) is 6.01 Å². The average molecular weight is 284 g/mol. The number of ether oxygens (including phenoxy) is 1. The molecule has 0 saturated heterocycles. The maximum atomic E-state index is 5.05. The molecule has 0 aliphatic rings. The topological polar surface area (TPSA) is 85.7 Å². The fraction of sp³-hybridized carbons (Fsp3) is 0.444. The molecule has 96 valence electrons. The molecular weight excluding hydrogens is 272 g/mol. The summed E-state index contributed by atoms with van der Waals surface area (Å²) < 4.78 is 5.83. The van der Waals surface area contributed by atoms with Crippen molar-refractivity contribution in [1.82, 2.24) is 25.1 Å². The fourth-order valence-corrected chi connectivity index (χ4v) is 2.40. The zero-order valence-electron chi connectivity index (χ0n) is 9.95. The third-order valence-corrected chi connectivity index (χ3v) is 3.47. The van der Waals surface area contributed by atoms with E-state index in [1.165, 1.54) is 30.2 Å². The van der Waals surface area contributed by atoms with Gasteiger partial charge in [0.1, 0.15) is 5.51 Å². The van der Waals surface area contributed by atoms with Gasteiger partial charge in [0.05, 0.1) is 7.11 Å². The van der Waals surface area contributed by atoms with E-state index in [0.29, 0.717) is 11.1 Å². The molecule has 0 fully saturated rings.